The van der Waals surface area contributed by atoms with Gasteiger partial charge in [-0.1, -0.05) is 12.1 Å². The zero-order valence-corrected chi connectivity index (χ0v) is 7.15. The molecule has 0 radical (unpaired) electrons. The molecule has 1 aromatic rings. The summed E-state index contributed by atoms with van der Waals surface area (Å²) in [4.78, 5) is 0. The number of halogens is 5. The molecular weight excluding hydrogens is 217 g/mol. The van der Waals surface area contributed by atoms with Gasteiger partial charge in [0.1, 0.15) is 0 Å². The lowest BCUT2D eigenvalue weighted by molar-refractivity contribution is -0.289. The first-order valence-electron chi connectivity index (χ1n) is 3.74. The van der Waals surface area contributed by atoms with E-state index in [-0.39, 0.29) is 5.56 Å². The fourth-order valence-corrected chi connectivity index (χ4v) is 0.948. The summed E-state index contributed by atoms with van der Waals surface area (Å²) >= 11 is 0. The molecule has 0 saturated carbocycles. The van der Waals surface area contributed by atoms with E-state index >= 15 is 0 Å². The molecule has 1 nitrogen and oxygen atoms in total. The molecule has 0 fully saturated rings. The molecule has 0 N–H and O–H groups in total. The van der Waals surface area contributed by atoms with Gasteiger partial charge in [-0.2, -0.15) is 27.2 Å². The Morgan fingerprint density at radius 2 is 1.67 bits per heavy atom. The number of hydrogen-bond donors (Lipinski definition) is 0. The largest absolute Gasteiger partial charge is 0.458 e. The number of nitrogens with zero attached hydrogens (tertiary/aromatic N) is 1. The first-order valence-corrected chi connectivity index (χ1v) is 3.74. The molecule has 15 heavy (non-hydrogen) atoms. The molecule has 0 aliphatic carbocycles. The van der Waals surface area contributed by atoms with Gasteiger partial charge in [-0.15, -0.1) is 0 Å². The van der Waals surface area contributed by atoms with Crippen LogP contribution in [0.1, 0.15) is 11.1 Å². The molecule has 0 spiro atoms. The van der Waals surface area contributed by atoms with Crippen LogP contribution in [0.15, 0.2) is 24.3 Å². The van der Waals surface area contributed by atoms with E-state index in [2.05, 4.69) is 0 Å². The zero-order valence-electron chi connectivity index (χ0n) is 7.15. The van der Waals surface area contributed by atoms with Crippen molar-refractivity contribution in [1.82, 2.24) is 0 Å². The molecule has 0 heterocycles. The minimum Gasteiger partial charge on any atom is -0.192 e. The molecule has 0 amide bonds. The average Bonchev–Trinajstić information content (AvgIpc) is 2.16. The number of hydrogen-bond acceptors (Lipinski definition) is 1. The highest BCUT2D eigenvalue weighted by molar-refractivity contribution is 5.35. The summed E-state index contributed by atoms with van der Waals surface area (Å²) in [5.41, 5.74) is -1.47. The highest BCUT2D eigenvalue weighted by Crippen LogP contribution is 2.43. The average molecular weight is 221 g/mol. The van der Waals surface area contributed by atoms with Crippen molar-refractivity contribution in [2.24, 2.45) is 0 Å². The third kappa shape index (κ3) is 2.06. The van der Waals surface area contributed by atoms with Crippen molar-refractivity contribution in [3.8, 4) is 6.07 Å². The molecule has 0 unspecified atom stereocenters. The Kier molecular flexibility index (Phi) is 2.67. The van der Waals surface area contributed by atoms with Crippen LogP contribution in [-0.2, 0) is 5.92 Å². The number of benzene rings is 1. The minimum atomic E-state index is -5.65. The Morgan fingerprint density at radius 3 is 2.13 bits per heavy atom. The van der Waals surface area contributed by atoms with Crippen LogP contribution in [0.4, 0.5) is 22.0 Å². The Hall–Kier alpha value is -1.64. The molecule has 1 aromatic carbocycles. The Labute approximate surface area is 81.7 Å². The van der Waals surface area contributed by atoms with Crippen LogP contribution < -0.4 is 0 Å². The fourth-order valence-electron chi connectivity index (χ4n) is 0.948. The van der Waals surface area contributed by atoms with Crippen molar-refractivity contribution in [3.05, 3.63) is 35.4 Å². The maximum absolute atomic E-state index is 12.7. The van der Waals surface area contributed by atoms with Gasteiger partial charge in [0, 0.05) is 5.56 Å². The molecule has 0 aliphatic heterocycles. The van der Waals surface area contributed by atoms with Crippen LogP contribution in [0.3, 0.4) is 0 Å². The molecule has 6 heteroatoms. The van der Waals surface area contributed by atoms with Crippen molar-refractivity contribution in [3.63, 3.8) is 0 Å². The van der Waals surface area contributed by atoms with Crippen LogP contribution >= 0.6 is 0 Å². The van der Waals surface area contributed by atoms with E-state index in [0.717, 1.165) is 12.1 Å². The highest BCUT2D eigenvalue weighted by Gasteiger charge is 2.58. The third-order valence-corrected chi connectivity index (χ3v) is 1.71. The highest BCUT2D eigenvalue weighted by atomic mass is 19.4. The van der Waals surface area contributed by atoms with Gasteiger partial charge >= 0.3 is 12.1 Å². The molecule has 0 aliphatic rings. The van der Waals surface area contributed by atoms with E-state index in [1.165, 1.54) is 6.07 Å². The second kappa shape index (κ2) is 3.50. The van der Waals surface area contributed by atoms with E-state index in [0.29, 0.717) is 12.1 Å². The van der Waals surface area contributed by atoms with Crippen molar-refractivity contribution in [2.45, 2.75) is 12.1 Å². The van der Waals surface area contributed by atoms with Crippen molar-refractivity contribution in [1.29, 1.82) is 5.26 Å². The maximum Gasteiger partial charge on any atom is 0.458 e. The molecule has 0 atom stereocenters. The van der Waals surface area contributed by atoms with Gasteiger partial charge in [-0.25, -0.2) is 0 Å². The second-order valence-electron chi connectivity index (χ2n) is 2.76. The summed E-state index contributed by atoms with van der Waals surface area (Å²) in [5.74, 6) is -4.93. The Morgan fingerprint density at radius 1 is 1.07 bits per heavy atom. The second-order valence-corrected chi connectivity index (χ2v) is 2.76. The SMILES string of the molecule is N#Cc1cccc(C(F)(F)C(F)(F)F)c1. The van der Waals surface area contributed by atoms with Crippen LogP contribution in [0, 0.1) is 11.3 Å². The van der Waals surface area contributed by atoms with Crippen LogP contribution in [0.2, 0.25) is 0 Å². The molecule has 0 aromatic heterocycles. The lowest BCUT2D eigenvalue weighted by Gasteiger charge is -2.19. The van der Waals surface area contributed by atoms with Gasteiger partial charge in [-0.3, -0.25) is 0 Å². The number of rotatable bonds is 1. The predicted octanol–water partition coefficient (Wildman–Crippen LogP) is 3.21. The van der Waals surface area contributed by atoms with Gasteiger partial charge < -0.3 is 0 Å². The minimum absolute atomic E-state index is 0.239. The lowest BCUT2D eigenvalue weighted by atomic mass is 10.1. The molecule has 0 saturated heterocycles. The fraction of sp³-hybridized carbons (Fsp3) is 0.222. The quantitative estimate of drug-likeness (QED) is 0.668. The van der Waals surface area contributed by atoms with E-state index in [9.17, 15) is 22.0 Å². The van der Waals surface area contributed by atoms with Gasteiger partial charge in [0.05, 0.1) is 11.6 Å². The lowest BCUT2D eigenvalue weighted by Crippen LogP contribution is -2.33. The summed E-state index contributed by atoms with van der Waals surface area (Å²) in [7, 11) is 0. The molecular formula is C9H4F5N. The first kappa shape index (κ1) is 11.4. The third-order valence-electron chi connectivity index (χ3n) is 1.71. The number of alkyl halides is 5. The zero-order chi connectivity index (χ0) is 11.7. The predicted molar refractivity (Wildman–Crippen MR) is 41.1 cm³/mol. The van der Waals surface area contributed by atoms with Crippen LogP contribution in [0.5, 0.6) is 0 Å². The number of nitriles is 1. The van der Waals surface area contributed by atoms with E-state index < -0.39 is 17.7 Å². The van der Waals surface area contributed by atoms with Gasteiger partial charge in [-0.05, 0) is 12.1 Å². The van der Waals surface area contributed by atoms with Crippen LogP contribution in [-0.4, -0.2) is 6.18 Å². The summed E-state index contributed by atoms with van der Waals surface area (Å²) in [6.45, 7) is 0. The van der Waals surface area contributed by atoms with E-state index in [1.807, 2.05) is 0 Å². The van der Waals surface area contributed by atoms with E-state index in [1.54, 1.807) is 0 Å². The van der Waals surface area contributed by atoms with Gasteiger partial charge in [0.2, 0.25) is 0 Å². The van der Waals surface area contributed by atoms with Crippen molar-refractivity contribution < 1.29 is 22.0 Å². The van der Waals surface area contributed by atoms with Gasteiger partial charge in [0.25, 0.3) is 0 Å². The summed E-state index contributed by atoms with van der Waals surface area (Å²) < 4.78 is 61.3. The molecule has 0 bridgehead atoms. The summed E-state index contributed by atoms with van der Waals surface area (Å²) in [5, 5.41) is 8.35. The summed E-state index contributed by atoms with van der Waals surface area (Å²) in [6, 6.07) is 4.77. The van der Waals surface area contributed by atoms with Crippen molar-refractivity contribution in [2.75, 3.05) is 0 Å². The molecule has 80 valence electrons. The van der Waals surface area contributed by atoms with Gasteiger partial charge in [0.15, 0.2) is 0 Å². The monoisotopic (exact) mass is 221 g/mol. The van der Waals surface area contributed by atoms with E-state index in [4.69, 9.17) is 5.26 Å². The summed E-state index contributed by atoms with van der Waals surface area (Å²) in [6.07, 6.45) is -5.65. The molecule has 1 rings (SSSR count). The van der Waals surface area contributed by atoms with Crippen LogP contribution in [0.25, 0.3) is 0 Å². The Balaban J connectivity index is 3.23. The normalized spacial score (nSPS) is 12.3. The van der Waals surface area contributed by atoms with Crippen molar-refractivity contribution >= 4 is 0 Å². The smallest absolute Gasteiger partial charge is 0.192 e. The Bertz CT molecular complexity index is 402. The standard InChI is InChI=1S/C9H4F5N/c10-8(11,9(12,13)14)7-3-1-2-6(4-7)5-15/h1-4H. The first-order chi connectivity index (χ1) is 6.79. The maximum atomic E-state index is 12.7. The topological polar surface area (TPSA) is 23.8 Å².